The molecular weight excluding hydrogens is 218 g/mol. The molecule has 0 spiro atoms. The molecule has 2 nitrogen and oxygen atoms in total. The molecule has 0 saturated carbocycles. The van der Waals surface area contributed by atoms with Gasteiger partial charge in [-0.2, -0.15) is 0 Å². The van der Waals surface area contributed by atoms with Crippen LogP contribution in [0.2, 0.25) is 0 Å². The lowest BCUT2D eigenvalue weighted by Crippen LogP contribution is -2.07. The van der Waals surface area contributed by atoms with E-state index in [0.29, 0.717) is 5.69 Å². The first-order valence-corrected chi connectivity index (χ1v) is 4.05. The highest BCUT2D eigenvalue weighted by molar-refractivity contribution is 9.10. The van der Waals surface area contributed by atoms with Crippen molar-refractivity contribution in [3.05, 3.63) is 28.7 Å². The van der Waals surface area contributed by atoms with Crippen LogP contribution in [-0.4, -0.2) is 5.91 Å². The van der Waals surface area contributed by atoms with Crippen molar-refractivity contribution in [2.24, 2.45) is 0 Å². The zero-order valence-electron chi connectivity index (χ0n) is 6.17. The van der Waals surface area contributed by atoms with E-state index in [2.05, 4.69) is 21.2 Å². The molecule has 60 valence electrons. The van der Waals surface area contributed by atoms with Gasteiger partial charge in [0.25, 0.3) is 5.91 Å². The number of hydrogen-bond acceptors (Lipinski definition) is 1. The SMILES string of the molecule is C#CC(=O)Nc1cccc(Br)c1. The van der Waals surface area contributed by atoms with E-state index in [1.165, 1.54) is 0 Å². The van der Waals surface area contributed by atoms with E-state index in [0.717, 1.165) is 4.47 Å². The minimum absolute atomic E-state index is 0.437. The molecule has 0 aromatic heterocycles. The lowest BCUT2D eigenvalue weighted by Gasteiger charge is -1.99. The summed E-state index contributed by atoms with van der Waals surface area (Å²) in [5, 5.41) is 2.53. The van der Waals surface area contributed by atoms with Gasteiger partial charge in [-0.25, -0.2) is 0 Å². The Bertz CT molecular complexity index is 341. The Hall–Kier alpha value is -1.27. The van der Waals surface area contributed by atoms with Crippen LogP contribution in [0.5, 0.6) is 0 Å². The van der Waals surface area contributed by atoms with Crippen LogP contribution in [0.25, 0.3) is 0 Å². The summed E-state index contributed by atoms with van der Waals surface area (Å²) in [6.07, 6.45) is 4.88. The van der Waals surface area contributed by atoms with E-state index in [4.69, 9.17) is 6.42 Å². The lowest BCUT2D eigenvalue weighted by molar-refractivity contribution is -0.111. The fraction of sp³-hybridized carbons (Fsp3) is 0. The van der Waals surface area contributed by atoms with Crippen molar-refractivity contribution in [1.29, 1.82) is 0 Å². The molecule has 0 radical (unpaired) electrons. The van der Waals surface area contributed by atoms with Crippen LogP contribution in [-0.2, 0) is 4.79 Å². The van der Waals surface area contributed by atoms with E-state index >= 15 is 0 Å². The van der Waals surface area contributed by atoms with Gasteiger partial charge < -0.3 is 5.32 Å². The quantitative estimate of drug-likeness (QED) is 0.726. The highest BCUT2D eigenvalue weighted by Gasteiger charge is 1.96. The first kappa shape index (κ1) is 8.82. The van der Waals surface area contributed by atoms with Gasteiger partial charge in [-0.15, -0.1) is 6.42 Å². The summed E-state index contributed by atoms with van der Waals surface area (Å²) in [4.78, 5) is 10.7. The van der Waals surface area contributed by atoms with Crippen molar-refractivity contribution >= 4 is 27.5 Å². The molecule has 1 aromatic carbocycles. The van der Waals surface area contributed by atoms with Gasteiger partial charge in [-0.05, 0) is 24.1 Å². The summed E-state index contributed by atoms with van der Waals surface area (Å²) in [5.74, 6) is 1.53. The Kier molecular flexibility index (Phi) is 2.89. The third kappa shape index (κ3) is 2.40. The third-order valence-electron chi connectivity index (χ3n) is 1.21. The predicted molar refractivity (Wildman–Crippen MR) is 51.6 cm³/mol. The molecule has 0 aliphatic heterocycles. The number of benzene rings is 1. The molecule has 1 N–H and O–H groups in total. The second kappa shape index (κ2) is 3.93. The smallest absolute Gasteiger partial charge is 0.300 e. The number of rotatable bonds is 1. The zero-order valence-corrected chi connectivity index (χ0v) is 7.76. The van der Waals surface area contributed by atoms with Crippen molar-refractivity contribution < 1.29 is 4.79 Å². The molecule has 12 heavy (non-hydrogen) atoms. The summed E-state index contributed by atoms with van der Waals surface area (Å²) in [6, 6.07) is 7.22. The van der Waals surface area contributed by atoms with Gasteiger partial charge in [0, 0.05) is 10.2 Å². The number of terminal acetylenes is 1. The molecule has 3 heteroatoms. The second-order valence-electron chi connectivity index (χ2n) is 2.11. The van der Waals surface area contributed by atoms with Crippen LogP contribution in [0.4, 0.5) is 5.69 Å². The summed E-state index contributed by atoms with van der Waals surface area (Å²) in [5.41, 5.74) is 0.687. The molecule has 0 fully saturated rings. The molecular formula is C9H6BrNO. The minimum Gasteiger partial charge on any atom is -0.315 e. The standard InChI is InChI=1S/C9H6BrNO/c1-2-9(12)11-8-5-3-4-7(10)6-8/h1,3-6H,(H,11,12). The third-order valence-corrected chi connectivity index (χ3v) is 1.71. The van der Waals surface area contributed by atoms with E-state index in [1.807, 2.05) is 18.1 Å². The zero-order chi connectivity index (χ0) is 8.97. The number of amides is 1. The monoisotopic (exact) mass is 223 g/mol. The molecule has 0 atom stereocenters. The fourth-order valence-electron chi connectivity index (χ4n) is 0.733. The van der Waals surface area contributed by atoms with E-state index in [-0.39, 0.29) is 0 Å². The molecule has 0 unspecified atom stereocenters. The predicted octanol–water partition coefficient (Wildman–Crippen LogP) is 2.02. The number of anilines is 1. The van der Waals surface area contributed by atoms with Crippen molar-refractivity contribution in [2.75, 3.05) is 5.32 Å². The molecule has 1 amide bonds. The molecule has 0 saturated heterocycles. The molecule has 0 aliphatic carbocycles. The Labute approximate surface area is 79.1 Å². The van der Waals surface area contributed by atoms with Crippen LogP contribution in [0.15, 0.2) is 28.7 Å². The highest BCUT2D eigenvalue weighted by atomic mass is 79.9. The molecule has 1 aromatic rings. The number of carbonyl (C=O) groups excluding carboxylic acids is 1. The second-order valence-corrected chi connectivity index (χ2v) is 3.02. The topological polar surface area (TPSA) is 29.1 Å². The first-order valence-electron chi connectivity index (χ1n) is 3.25. The molecule has 1 rings (SSSR count). The van der Waals surface area contributed by atoms with Crippen LogP contribution in [0.3, 0.4) is 0 Å². The van der Waals surface area contributed by atoms with E-state index < -0.39 is 5.91 Å². The normalized spacial score (nSPS) is 8.67. The van der Waals surface area contributed by atoms with E-state index in [1.54, 1.807) is 12.1 Å². The van der Waals surface area contributed by atoms with Gasteiger partial charge in [0.05, 0.1) is 0 Å². The van der Waals surface area contributed by atoms with Crippen LogP contribution in [0, 0.1) is 12.3 Å². The molecule has 0 bridgehead atoms. The van der Waals surface area contributed by atoms with Gasteiger partial charge in [-0.3, -0.25) is 4.79 Å². The fourth-order valence-corrected chi connectivity index (χ4v) is 1.13. The van der Waals surface area contributed by atoms with Crippen molar-refractivity contribution in [3.63, 3.8) is 0 Å². The summed E-state index contributed by atoms with van der Waals surface area (Å²) >= 11 is 3.27. The van der Waals surface area contributed by atoms with Gasteiger partial charge in [0.2, 0.25) is 0 Å². The van der Waals surface area contributed by atoms with Crippen molar-refractivity contribution in [2.45, 2.75) is 0 Å². The largest absolute Gasteiger partial charge is 0.315 e. The maximum absolute atomic E-state index is 10.7. The average Bonchev–Trinajstić information content (AvgIpc) is 2.04. The van der Waals surface area contributed by atoms with Crippen LogP contribution in [0.1, 0.15) is 0 Å². The van der Waals surface area contributed by atoms with Crippen molar-refractivity contribution in [1.82, 2.24) is 0 Å². The average molecular weight is 224 g/mol. The van der Waals surface area contributed by atoms with Gasteiger partial charge >= 0.3 is 0 Å². The van der Waals surface area contributed by atoms with Gasteiger partial charge in [0.15, 0.2) is 0 Å². The Morgan fingerprint density at radius 3 is 2.92 bits per heavy atom. The maximum atomic E-state index is 10.7. The number of halogens is 1. The minimum atomic E-state index is -0.437. The van der Waals surface area contributed by atoms with Crippen LogP contribution >= 0.6 is 15.9 Å². The van der Waals surface area contributed by atoms with Gasteiger partial charge in [0.1, 0.15) is 0 Å². The number of nitrogens with one attached hydrogen (secondary N) is 1. The van der Waals surface area contributed by atoms with Gasteiger partial charge in [-0.1, -0.05) is 22.0 Å². The number of carbonyl (C=O) groups is 1. The summed E-state index contributed by atoms with van der Waals surface area (Å²) in [7, 11) is 0. The molecule has 0 aliphatic rings. The van der Waals surface area contributed by atoms with E-state index in [9.17, 15) is 4.79 Å². The van der Waals surface area contributed by atoms with Crippen LogP contribution < -0.4 is 5.32 Å². The summed E-state index contributed by atoms with van der Waals surface area (Å²) in [6.45, 7) is 0. The van der Waals surface area contributed by atoms with Crippen molar-refractivity contribution in [3.8, 4) is 12.3 Å². The maximum Gasteiger partial charge on any atom is 0.300 e. The Balaban J connectivity index is 2.78. The highest BCUT2D eigenvalue weighted by Crippen LogP contribution is 2.15. The first-order chi connectivity index (χ1) is 5.72. The summed E-state index contributed by atoms with van der Waals surface area (Å²) < 4.78 is 0.900. The Morgan fingerprint density at radius 2 is 2.33 bits per heavy atom. The number of hydrogen-bond donors (Lipinski definition) is 1. The Morgan fingerprint density at radius 1 is 1.58 bits per heavy atom. The molecule has 0 heterocycles. The lowest BCUT2D eigenvalue weighted by atomic mass is 10.3.